The van der Waals surface area contributed by atoms with Gasteiger partial charge in [0.15, 0.2) is 11.5 Å². The summed E-state index contributed by atoms with van der Waals surface area (Å²) in [5.74, 6) is 0.712. The Hall–Kier alpha value is -4.37. The minimum absolute atomic E-state index is 0.0302. The van der Waals surface area contributed by atoms with Crippen LogP contribution in [0.25, 0.3) is 33.4 Å². The maximum absolute atomic E-state index is 12.6. The summed E-state index contributed by atoms with van der Waals surface area (Å²) >= 11 is 0. The second kappa shape index (κ2) is 10.9. The van der Waals surface area contributed by atoms with Crippen molar-refractivity contribution in [3.63, 3.8) is 0 Å². The minimum atomic E-state index is -0.390. The van der Waals surface area contributed by atoms with E-state index in [1.165, 1.54) is 18.4 Å². The number of rotatable bonds is 6. The van der Waals surface area contributed by atoms with Gasteiger partial charge in [-0.05, 0) is 73.2 Å². The number of fused-ring (bicyclic) bond motifs is 1. The number of amides is 1. The van der Waals surface area contributed by atoms with Crippen LogP contribution in [-0.2, 0) is 12.0 Å². The molecule has 3 N–H and O–H groups in total. The van der Waals surface area contributed by atoms with E-state index in [4.69, 9.17) is 4.52 Å². The molecule has 2 aromatic carbocycles. The quantitative estimate of drug-likeness (QED) is 0.249. The largest absolute Gasteiger partial charge is 0.344 e. The van der Waals surface area contributed by atoms with E-state index in [0.717, 1.165) is 52.0 Å². The maximum atomic E-state index is 12.6. The molecule has 0 bridgehead atoms. The SMILES string of the molecule is Cc1cc(-c2[nH]nc3ncc(-c4ccc(C5CCNCC5)cc4)cc23)ccc1CNC(=O)c1nc(C(C)(C)C)no1. The van der Waals surface area contributed by atoms with E-state index in [1.807, 2.05) is 46.0 Å². The molecular formula is C32H35N7O2. The van der Waals surface area contributed by atoms with Crippen molar-refractivity contribution in [2.45, 2.75) is 58.4 Å². The summed E-state index contributed by atoms with van der Waals surface area (Å²) in [6, 6.07) is 17.2. The Morgan fingerprint density at radius 1 is 1.02 bits per heavy atom. The Morgan fingerprint density at radius 3 is 2.49 bits per heavy atom. The van der Waals surface area contributed by atoms with Crippen LogP contribution in [-0.4, -0.2) is 44.3 Å². The van der Waals surface area contributed by atoms with E-state index in [2.05, 4.69) is 72.4 Å². The second-order valence-corrected chi connectivity index (χ2v) is 11.8. The third-order valence-electron chi connectivity index (χ3n) is 7.83. The van der Waals surface area contributed by atoms with Crippen molar-refractivity contribution in [3.8, 4) is 22.4 Å². The maximum Gasteiger partial charge on any atom is 0.315 e. The molecule has 1 fully saturated rings. The average Bonchev–Trinajstić information content (AvgIpc) is 3.65. The van der Waals surface area contributed by atoms with E-state index < -0.39 is 5.91 Å². The molecule has 41 heavy (non-hydrogen) atoms. The Labute approximate surface area is 239 Å². The average molecular weight is 550 g/mol. The van der Waals surface area contributed by atoms with Gasteiger partial charge >= 0.3 is 11.8 Å². The lowest BCUT2D eigenvalue weighted by molar-refractivity contribution is 0.0907. The van der Waals surface area contributed by atoms with E-state index in [-0.39, 0.29) is 11.3 Å². The van der Waals surface area contributed by atoms with Crippen molar-refractivity contribution in [1.82, 2.24) is 36.0 Å². The zero-order valence-corrected chi connectivity index (χ0v) is 23.9. The Morgan fingerprint density at radius 2 is 1.78 bits per heavy atom. The van der Waals surface area contributed by atoms with Gasteiger partial charge in [0.25, 0.3) is 0 Å². The Bertz CT molecular complexity index is 1690. The number of aryl methyl sites for hydroxylation is 1. The van der Waals surface area contributed by atoms with E-state index in [1.54, 1.807) is 0 Å². The number of aromatic nitrogens is 5. The number of hydrogen-bond acceptors (Lipinski definition) is 7. The van der Waals surface area contributed by atoms with Crippen LogP contribution in [0, 0.1) is 6.92 Å². The molecular weight excluding hydrogens is 514 g/mol. The highest BCUT2D eigenvalue weighted by atomic mass is 16.5. The fourth-order valence-corrected chi connectivity index (χ4v) is 5.30. The number of piperidine rings is 1. The van der Waals surface area contributed by atoms with Crippen molar-refractivity contribution in [2.75, 3.05) is 13.1 Å². The molecule has 3 aromatic heterocycles. The summed E-state index contributed by atoms with van der Waals surface area (Å²) < 4.78 is 5.16. The van der Waals surface area contributed by atoms with Crippen LogP contribution in [0.5, 0.6) is 0 Å². The smallest absolute Gasteiger partial charge is 0.315 e. The molecule has 1 saturated heterocycles. The van der Waals surface area contributed by atoms with Gasteiger partial charge in [0.05, 0.1) is 5.69 Å². The first-order valence-electron chi connectivity index (χ1n) is 14.1. The molecule has 6 rings (SSSR count). The first-order chi connectivity index (χ1) is 19.8. The third kappa shape index (κ3) is 5.63. The van der Waals surface area contributed by atoms with Crippen LogP contribution in [0.3, 0.4) is 0 Å². The molecule has 9 heteroatoms. The Kier molecular flexibility index (Phi) is 7.13. The number of H-pyrrole nitrogens is 1. The van der Waals surface area contributed by atoms with Crippen LogP contribution in [0.2, 0.25) is 0 Å². The van der Waals surface area contributed by atoms with Crippen LogP contribution in [0.4, 0.5) is 0 Å². The van der Waals surface area contributed by atoms with Crippen molar-refractivity contribution >= 4 is 16.9 Å². The van der Waals surface area contributed by atoms with Gasteiger partial charge in [-0.15, -0.1) is 0 Å². The standard InChI is InChI=1S/C32H35N7O2/c1-19-15-23(9-10-24(19)17-35-29(40)30-36-31(39-41-30)32(2,3)4)27-26-16-25(18-34-28(26)38-37-27)21-7-5-20(6-8-21)22-11-13-33-14-12-22/h5-10,15-16,18,22,33H,11-14,17H2,1-4H3,(H,35,40)(H,34,37,38). The minimum Gasteiger partial charge on any atom is -0.344 e. The summed E-state index contributed by atoms with van der Waals surface area (Å²) in [6.07, 6.45) is 4.26. The van der Waals surface area contributed by atoms with Crippen LogP contribution < -0.4 is 10.6 Å². The van der Waals surface area contributed by atoms with Gasteiger partial charge in [0.2, 0.25) is 0 Å². The molecule has 1 aliphatic rings. The summed E-state index contributed by atoms with van der Waals surface area (Å²) in [4.78, 5) is 21.5. The predicted molar refractivity (Wildman–Crippen MR) is 159 cm³/mol. The lowest BCUT2D eigenvalue weighted by Crippen LogP contribution is -2.26. The van der Waals surface area contributed by atoms with Gasteiger partial charge in [-0.25, -0.2) is 4.98 Å². The first-order valence-corrected chi connectivity index (χ1v) is 14.1. The highest BCUT2D eigenvalue weighted by Crippen LogP contribution is 2.32. The van der Waals surface area contributed by atoms with Crippen LogP contribution in [0.15, 0.2) is 59.3 Å². The number of carbonyl (C=O) groups excluding carboxylic acids is 1. The zero-order valence-electron chi connectivity index (χ0n) is 23.9. The molecule has 1 aliphatic heterocycles. The number of nitrogens with zero attached hydrogens (tertiary/aromatic N) is 4. The van der Waals surface area contributed by atoms with Crippen LogP contribution >= 0.6 is 0 Å². The fourth-order valence-electron chi connectivity index (χ4n) is 5.30. The summed E-state index contributed by atoms with van der Waals surface area (Å²) in [5.41, 5.74) is 7.96. The molecule has 4 heterocycles. The molecule has 5 aromatic rings. The number of aromatic amines is 1. The van der Waals surface area contributed by atoms with E-state index in [9.17, 15) is 4.79 Å². The first kappa shape index (κ1) is 26.8. The third-order valence-corrected chi connectivity index (χ3v) is 7.83. The van der Waals surface area contributed by atoms with Gasteiger partial charge in [-0.3, -0.25) is 9.89 Å². The van der Waals surface area contributed by atoms with Crippen molar-refractivity contribution < 1.29 is 9.32 Å². The molecule has 210 valence electrons. The monoisotopic (exact) mass is 549 g/mol. The van der Waals surface area contributed by atoms with Crippen molar-refractivity contribution in [3.05, 3.63) is 83.1 Å². The second-order valence-electron chi connectivity index (χ2n) is 11.8. The highest BCUT2D eigenvalue weighted by molar-refractivity contribution is 5.93. The molecule has 0 radical (unpaired) electrons. The predicted octanol–water partition coefficient (Wildman–Crippen LogP) is 5.68. The number of benzene rings is 2. The molecule has 0 aliphatic carbocycles. The molecule has 0 atom stereocenters. The highest BCUT2D eigenvalue weighted by Gasteiger charge is 2.24. The molecule has 0 saturated carbocycles. The number of hydrogen-bond donors (Lipinski definition) is 3. The van der Waals surface area contributed by atoms with Crippen molar-refractivity contribution in [2.24, 2.45) is 0 Å². The summed E-state index contributed by atoms with van der Waals surface area (Å²) in [6.45, 7) is 10.5. The van der Waals surface area contributed by atoms with E-state index in [0.29, 0.717) is 23.9 Å². The molecule has 0 spiro atoms. The molecule has 9 nitrogen and oxygen atoms in total. The molecule has 0 unspecified atom stereocenters. The van der Waals surface area contributed by atoms with Gasteiger partial charge in [0, 0.05) is 34.7 Å². The number of carbonyl (C=O) groups is 1. The summed E-state index contributed by atoms with van der Waals surface area (Å²) in [5, 5.41) is 18.9. The van der Waals surface area contributed by atoms with Gasteiger partial charge < -0.3 is 15.2 Å². The van der Waals surface area contributed by atoms with Gasteiger partial charge in [-0.1, -0.05) is 62.3 Å². The van der Waals surface area contributed by atoms with Crippen molar-refractivity contribution in [1.29, 1.82) is 0 Å². The lowest BCUT2D eigenvalue weighted by Gasteiger charge is -2.23. The Balaban J connectivity index is 1.18. The van der Waals surface area contributed by atoms with Gasteiger partial charge in [-0.2, -0.15) is 10.1 Å². The normalized spacial score (nSPS) is 14.4. The summed E-state index contributed by atoms with van der Waals surface area (Å²) in [7, 11) is 0. The van der Waals surface area contributed by atoms with E-state index >= 15 is 0 Å². The zero-order chi connectivity index (χ0) is 28.6. The number of nitrogens with one attached hydrogen (secondary N) is 3. The lowest BCUT2D eigenvalue weighted by atomic mass is 9.89. The fraction of sp³-hybridized carbons (Fsp3) is 0.344. The van der Waals surface area contributed by atoms with Gasteiger partial charge in [0.1, 0.15) is 0 Å². The van der Waals surface area contributed by atoms with Crippen LogP contribution in [0.1, 0.15) is 72.7 Å². The molecule has 1 amide bonds. The topological polar surface area (TPSA) is 122 Å². The number of pyridine rings is 1.